The Balaban J connectivity index is 1.47. The number of anilines is 1. The second-order valence-electron chi connectivity index (χ2n) is 7.31. The SMILES string of the molecule is CN1CCN(c2ncccc2CNC2CCCc3nn(C)cc32)CC1. The monoisotopic (exact) mass is 340 g/mol. The molecule has 6 nitrogen and oxygen atoms in total. The highest BCUT2D eigenvalue weighted by Gasteiger charge is 2.23. The zero-order valence-electron chi connectivity index (χ0n) is 15.3. The van der Waals surface area contributed by atoms with Gasteiger partial charge in [-0.1, -0.05) is 6.07 Å². The van der Waals surface area contributed by atoms with E-state index in [1.807, 2.05) is 24.0 Å². The smallest absolute Gasteiger partial charge is 0.133 e. The van der Waals surface area contributed by atoms with E-state index in [4.69, 9.17) is 4.98 Å². The molecule has 0 bridgehead atoms. The van der Waals surface area contributed by atoms with Crippen LogP contribution in [0.25, 0.3) is 0 Å². The largest absolute Gasteiger partial charge is 0.354 e. The average molecular weight is 340 g/mol. The van der Waals surface area contributed by atoms with E-state index < -0.39 is 0 Å². The predicted molar refractivity (Wildman–Crippen MR) is 99.7 cm³/mol. The van der Waals surface area contributed by atoms with Gasteiger partial charge in [0.15, 0.2) is 0 Å². The van der Waals surface area contributed by atoms with E-state index in [9.17, 15) is 0 Å². The molecule has 6 heteroatoms. The van der Waals surface area contributed by atoms with Crippen molar-refractivity contribution < 1.29 is 0 Å². The lowest BCUT2D eigenvalue weighted by atomic mass is 9.93. The number of rotatable bonds is 4. The van der Waals surface area contributed by atoms with Crippen molar-refractivity contribution in [3.05, 3.63) is 41.3 Å². The van der Waals surface area contributed by atoms with Crippen LogP contribution < -0.4 is 10.2 Å². The standard InChI is InChI=1S/C19H28N6/c1-23-9-11-25(12-10-23)19-15(5-4-8-20-19)13-21-17-6-3-7-18-16(17)14-24(2)22-18/h4-5,8,14,17,21H,3,6-7,9-13H2,1-2H3. The molecule has 0 radical (unpaired) electrons. The molecule has 0 saturated carbocycles. The number of nitrogens with one attached hydrogen (secondary N) is 1. The quantitative estimate of drug-likeness (QED) is 0.919. The number of likely N-dealkylation sites (N-methyl/N-ethyl adjacent to an activating group) is 1. The van der Waals surface area contributed by atoms with E-state index >= 15 is 0 Å². The molecular formula is C19H28N6. The van der Waals surface area contributed by atoms with Gasteiger partial charge < -0.3 is 15.1 Å². The van der Waals surface area contributed by atoms with E-state index in [0.29, 0.717) is 6.04 Å². The second-order valence-corrected chi connectivity index (χ2v) is 7.31. The highest BCUT2D eigenvalue weighted by atomic mass is 15.3. The van der Waals surface area contributed by atoms with Gasteiger partial charge in [0.2, 0.25) is 0 Å². The Labute approximate surface area is 149 Å². The maximum atomic E-state index is 4.69. The van der Waals surface area contributed by atoms with Crippen molar-refractivity contribution in [2.24, 2.45) is 7.05 Å². The number of fused-ring (bicyclic) bond motifs is 1. The Morgan fingerprint density at radius 1 is 1.20 bits per heavy atom. The van der Waals surface area contributed by atoms with E-state index in [-0.39, 0.29) is 0 Å². The topological polar surface area (TPSA) is 49.2 Å². The third kappa shape index (κ3) is 3.55. The van der Waals surface area contributed by atoms with Crippen molar-refractivity contribution in [1.82, 2.24) is 25.0 Å². The van der Waals surface area contributed by atoms with E-state index in [0.717, 1.165) is 45.0 Å². The molecular weight excluding hydrogens is 312 g/mol. The number of pyridine rings is 1. The Morgan fingerprint density at radius 2 is 2.04 bits per heavy atom. The first-order chi connectivity index (χ1) is 12.2. The highest BCUT2D eigenvalue weighted by Crippen LogP contribution is 2.29. The molecule has 0 aromatic carbocycles. The van der Waals surface area contributed by atoms with Crippen LogP contribution in [0.2, 0.25) is 0 Å². The summed E-state index contributed by atoms with van der Waals surface area (Å²) < 4.78 is 1.95. The summed E-state index contributed by atoms with van der Waals surface area (Å²) in [6.07, 6.45) is 7.59. The molecule has 2 aromatic rings. The van der Waals surface area contributed by atoms with Gasteiger partial charge in [0, 0.05) is 69.3 Å². The fraction of sp³-hybridized carbons (Fsp3) is 0.579. The Hall–Kier alpha value is -1.92. The van der Waals surface area contributed by atoms with Crippen molar-refractivity contribution in [2.45, 2.75) is 31.8 Å². The molecule has 3 heterocycles. The van der Waals surface area contributed by atoms with Crippen LogP contribution >= 0.6 is 0 Å². The van der Waals surface area contributed by atoms with Crippen molar-refractivity contribution >= 4 is 5.82 Å². The summed E-state index contributed by atoms with van der Waals surface area (Å²) >= 11 is 0. The first-order valence-corrected chi connectivity index (χ1v) is 9.34. The summed E-state index contributed by atoms with van der Waals surface area (Å²) in [7, 11) is 4.20. The van der Waals surface area contributed by atoms with Crippen LogP contribution in [0.4, 0.5) is 5.82 Å². The van der Waals surface area contributed by atoms with Crippen LogP contribution in [0.1, 0.15) is 35.7 Å². The van der Waals surface area contributed by atoms with Crippen molar-refractivity contribution in [2.75, 3.05) is 38.1 Å². The molecule has 1 unspecified atom stereocenters. The molecule has 134 valence electrons. The first-order valence-electron chi connectivity index (χ1n) is 9.34. The molecule has 1 aliphatic heterocycles. The summed E-state index contributed by atoms with van der Waals surface area (Å²) in [5.41, 5.74) is 3.93. The fourth-order valence-corrected chi connectivity index (χ4v) is 3.98. The number of aryl methyl sites for hydroxylation is 2. The van der Waals surface area contributed by atoms with Gasteiger partial charge in [-0.15, -0.1) is 0 Å². The molecule has 0 spiro atoms. The Morgan fingerprint density at radius 3 is 2.88 bits per heavy atom. The molecule has 1 aliphatic carbocycles. The number of nitrogens with zero attached hydrogens (tertiary/aromatic N) is 5. The first kappa shape index (κ1) is 16.5. The minimum absolute atomic E-state index is 0.401. The van der Waals surface area contributed by atoms with Crippen LogP contribution in [-0.4, -0.2) is 52.9 Å². The van der Waals surface area contributed by atoms with Crippen LogP contribution in [-0.2, 0) is 20.0 Å². The number of piperazine rings is 1. The molecule has 2 aliphatic rings. The van der Waals surface area contributed by atoms with E-state index in [1.165, 1.54) is 29.7 Å². The van der Waals surface area contributed by atoms with Gasteiger partial charge in [0.1, 0.15) is 5.82 Å². The average Bonchev–Trinajstić information content (AvgIpc) is 3.02. The van der Waals surface area contributed by atoms with Gasteiger partial charge in [0.25, 0.3) is 0 Å². The summed E-state index contributed by atoms with van der Waals surface area (Å²) in [5, 5.41) is 8.37. The highest BCUT2D eigenvalue weighted by molar-refractivity contribution is 5.47. The lowest BCUT2D eigenvalue weighted by Gasteiger charge is -2.34. The van der Waals surface area contributed by atoms with Gasteiger partial charge in [-0.2, -0.15) is 5.10 Å². The predicted octanol–water partition coefficient (Wildman–Crippen LogP) is 1.73. The molecule has 1 fully saturated rings. The lowest BCUT2D eigenvalue weighted by molar-refractivity contribution is 0.311. The summed E-state index contributed by atoms with van der Waals surface area (Å²) in [5.74, 6) is 1.14. The zero-order valence-corrected chi connectivity index (χ0v) is 15.3. The van der Waals surface area contributed by atoms with Crippen LogP contribution in [0.3, 0.4) is 0 Å². The number of hydrogen-bond acceptors (Lipinski definition) is 5. The maximum Gasteiger partial charge on any atom is 0.133 e. The number of aromatic nitrogens is 3. The van der Waals surface area contributed by atoms with Gasteiger partial charge >= 0.3 is 0 Å². The molecule has 1 N–H and O–H groups in total. The molecule has 0 amide bonds. The normalized spacial score (nSPS) is 21.4. The van der Waals surface area contributed by atoms with E-state index in [2.05, 4.69) is 39.5 Å². The van der Waals surface area contributed by atoms with Crippen LogP contribution in [0.15, 0.2) is 24.5 Å². The summed E-state index contributed by atoms with van der Waals surface area (Å²) in [6, 6.07) is 4.66. The van der Waals surface area contributed by atoms with Crippen molar-refractivity contribution in [3.8, 4) is 0 Å². The van der Waals surface area contributed by atoms with Gasteiger partial charge in [0.05, 0.1) is 5.69 Å². The molecule has 1 saturated heterocycles. The third-order valence-electron chi connectivity index (χ3n) is 5.43. The molecule has 1 atom stereocenters. The van der Waals surface area contributed by atoms with Crippen molar-refractivity contribution in [1.29, 1.82) is 0 Å². The van der Waals surface area contributed by atoms with Crippen LogP contribution in [0, 0.1) is 0 Å². The third-order valence-corrected chi connectivity index (χ3v) is 5.43. The number of hydrogen-bond donors (Lipinski definition) is 1. The Kier molecular flexibility index (Phi) is 4.72. The summed E-state index contributed by atoms with van der Waals surface area (Å²) in [4.78, 5) is 9.49. The van der Waals surface area contributed by atoms with Crippen LogP contribution in [0.5, 0.6) is 0 Å². The Bertz CT molecular complexity index is 716. The zero-order chi connectivity index (χ0) is 17.2. The lowest BCUT2D eigenvalue weighted by Crippen LogP contribution is -2.45. The summed E-state index contributed by atoms with van der Waals surface area (Å²) in [6.45, 7) is 5.16. The molecule has 4 rings (SSSR count). The molecule has 25 heavy (non-hydrogen) atoms. The van der Waals surface area contributed by atoms with Gasteiger partial charge in [-0.3, -0.25) is 4.68 Å². The van der Waals surface area contributed by atoms with Crippen molar-refractivity contribution in [3.63, 3.8) is 0 Å². The second kappa shape index (κ2) is 7.14. The minimum atomic E-state index is 0.401. The van der Waals surface area contributed by atoms with Gasteiger partial charge in [-0.05, 0) is 32.4 Å². The fourth-order valence-electron chi connectivity index (χ4n) is 3.98. The minimum Gasteiger partial charge on any atom is -0.354 e. The van der Waals surface area contributed by atoms with Gasteiger partial charge in [-0.25, -0.2) is 4.98 Å². The maximum absolute atomic E-state index is 4.69. The van der Waals surface area contributed by atoms with E-state index in [1.54, 1.807) is 0 Å². The molecule has 2 aromatic heterocycles.